The second-order valence-electron chi connectivity index (χ2n) is 6.35. The third kappa shape index (κ3) is 2.43. The predicted octanol–water partition coefficient (Wildman–Crippen LogP) is 3.05. The van der Waals surface area contributed by atoms with Gasteiger partial charge in [-0.1, -0.05) is 30.9 Å². The highest BCUT2D eigenvalue weighted by Gasteiger charge is 2.48. The van der Waals surface area contributed by atoms with Crippen LogP contribution in [0.5, 0.6) is 5.75 Å². The van der Waals surface area contributed by atoms with E-state index in [-0.39, 0.29) is 24.3 Å². The fourth-order valence-electron chi connectivity index (χ4n) is 3.33. The Morgan fingerprint density at radius 2 is 2.18 bits per heavy atom. The van der Waals surface area contributed by atoms with Crippen molar-refractivity contribution in [2.45, 2.75) is 25.7 Å². The first-order valence-corrected chi connectivity index (χ1v) is 8.06. The number of nitrogens with one attached hydrogen (secondary N) is 2. The summed E-state index contributed by atoms with van der Waals surface area (Å²) in [4.78, 5) is 23.6. The molecular formula is C16H17ClN2O3. The smallest absolute Gasteiger partial charge is 0.262 e. The summed E-state index contributed by atoms with van der Waals surface area (Å²) >= 11 is 6.19. The molecule has 3 aliphatic rings. The van der Waals surface area contributed by atoms with Gasteiger partial charge in [0.05, 0.1) is 16.4 Å². The molecule has 6 heteroatoms. The molecule has 2 atom stereocenters. The van der Waals surface area contributed by atoms with Crippen molar-refractivity contribution in [3.05, 3.63) is 17.2 Å². The molecule has 0 spiro atoms. The molecule has 0 bridgehead atoms. The fourth-order valence-corrected chi connectivity index (χ4v) is 3.54. The van der Waals surface area contributed by atoms with Crippen LogP contribution in [0.15, 0.2) is 12.1 Å². The van der Waals surface area contributed by atoms with Gasteiger partial charge in [-0.2, -0.15) is 0 Å². The topological polar surface area (TPSA) is 67.4 Å². The summed E-state index contributed by atoms with van der Waals surface area (Å²) in [5.41, 5.74) is 1.08. The van der Waals surface area contributed by atoms with E-state index in [1.807, 2.05) is 0 Å². The van der Waals surface area contributed by atoms with Crippen molar-refractivity contribution in [1.29, 1.82) is 0 Å². The summed E-state index contributed by atoms with van der Waals surface area (Å²) in [6.07, 6.45) is 4.82. The van der Waals surface area contributed by atoms with E-state index in [1.165, 1.54) is 19.3 Å². The Hall–Kier alpha value is -1.75. The van der Waals surface area contributed by atoms with Gasteiger partial charge in [-0.3, -0.25) is 9.59 Å². The number of carbonyl (C=O) groups excluding carboxylic acids is 2. The molecule has 2 unspecified atom stereocenters. The van der Waals surface area contributed by atoms with Crippen molar-refractivity contribution in [2.75, 3.05) is 17.2 Å². The number of hydrogen-bond donors (Lipinski definition) is 2. The number of benzene rings is 1. The van der Waals surface area contributed by atoms with Crippen LogP contribution in [-0.2, 0) is 9.59 Å². The van der Waals surface area contributed by atoms with Gasteiger partial charge in [0.15, 0.2) is 6.61 Å². The van der Waals surface area contributed by atoms with Crippen molar-refractivity contribution in [1.82, 2.24) is 0 Å². The second-order valence-corrected chi connectivity index (χ2v) is 6.76. The Bertz CT molecular complexity index is 657. The van der Waals surface area contributed by atoms with Crippen LogP contribution in [0.25, 0.3) is 0 Å². The molecular weight excluding hydrogens is 304 g/mol. The molecule has 2 N–H and O–H groups in total. The third-order valence-electron chi connectivity index (χ3n) is 4.89. The Balaban J connectivity index is 1.46. The normalized spacial score (nSPS) is 26.3. The lowest BCUT2D eigenvalue weighted by atomic mass is 9.81. The van der Waals surface area contributed by atoms with Crippen LogP contribution in [-0.4, -0.2) is 18.4 Å². The van der Waals surface area contributed by atoms with Crippen LogP contribution in [0.4, 0.5) is 11.4 Å². The molecule has 22 heavy (non-hydrogen) atoms. The van der Waals surface area contributed by atoms with E-state index in [0.29, 0.717) is 28.1 Å². The first-order valence-electron chi connectivity index (χ1n) is 7.69. The monoisotopic (exact) mass is 320 g/mol. The van der Waals surface area contributed by atoms with E-state index >= 15 is 0 Å². The Morgan fingerprint density at radius 3 is 2.91 bits per heavy atom. The zero-order valence-corrected chi connectivity index (χ0v) is 12.8. The van der Waals surface area contributed by atoms with Crippen LogP contribution in [0.1, 0.15) is 25.7 Å². The maximum Gasteiger partial charge on any atom is 0.262 e. The minimum atomic E-state index is -0.207. The van der Waals surface area contributed by atoms with Crippen molar-refractivity contribution < 1.29 is 14.3 Å². The van der Waals surface area contributed by atoms with Gasteiger partial charge in [0.1, 0.15) is 5.75 Å². The summed E-state index contributed by atoms with van der Waals surface area (Å²) in [5, 5.41) is 6.00. The van der Waals surface area contributed by atoms with Crippen LogP contribution in [0.3, 0.4) is 0 Å². The summed E-state index contributed by atoms with van der Waals surface area (Å²) < 4.78 is 5.35. The van der Waals surface area contributed by atoms with E-state index in [2.05, 4.69) is 10.6 Å². The SMILES string of the molecule is O=C1COc2cc(NC(=O)C3CC3C3CCC3)c(Cl)cc2N1. The van der Waals surface area contributed by atoms with E-state index in [0.717, 1.165) is 12.3 Å². The molecule has 1 heterocycles. The number of hydrogen-bond acceptors (Lipinski definition) is 3. The van der Waals surface area contributed by atoms with Crippen LogP contribution >= 0.6 is 11.6 Å². The molecule has 1 aromatic carbocycles. The molecule has 0 aromatic heterocycles. The predicted molar refractivity (Wildman–Crippen MR) is 83.1 cm³/mol. The Morgan fingerprint density at radius 1 is 1.36 bits per heavy atom. The Labute approximate surface area is 133 Å². The van der Waals surface area contributed by atoms with E-state index < -0.39 is 0 Å². The zero-order valence-electron chi connectivity index (χ0n) is 12.0. The lowest BCUT2D eigenvalue weighted by molar-refractivity contribution is -0.119. The summed E-state index contributed by atoms with van der Waals surface area (Å²) in [5.74, 6) is 1.79. The van der Waals surface area contributed by atoms with Gasteiger partial charge in [-0.05, 0) is 24.3 Å². The van der Waals surface area contributed by atoms with Crippen LogP contribution < -0.4 is 15.4 Å². The quantitative estimate of drug-likeness (QED) is 0.899. The average Bonchev–Trinajstić information content (AvgIpc) is 3.18. The van der Waals surface area contributed by atoms with Gasteiger partial charge in [0, 0.05) is 12.0 Å². The molecule has 2 fully saturated rings. The van der Waals surface area contributed by atoms with Gasteiger partial charge in [-0.25, -0.2) is 0 Å². The van der Waals surface area contributed by atoms with Crippen molar-refractivity contribution in [3.8, 4) is 5.75 Å². The number of anilines is 2. The molecule has 2 aliphatic carbocycles. The number of ether oxygens (including phenoxy) is 1. The highest BCUT2D eigenvalue weighted by atomic mass is 35.5. The van der Waals surface area contributed by atoms with Crippen LogP contribution in [0.2, 0.25) is 5.02 Å². The highest BCUT2D eigenvalue weighted by Crippen LogP contribution is 2.52. The molecule has 0 radical (unpaired) electrons. The molecule has 2 amide bonds. The lowest BCUT2D eigenvalue weighted by Crippen LogP contribution is -2.25. The molecule has 0 saturated heterocycles. The van der Waals surface area contributed by atoms with E-state index in [4.69, 9.17) is 16.3 Å². The second kappa shape index (κ2) is 5.16. The van der Waals surface area contributed by atoms with Gasteiger partial charge in [0.25, 0.3) is 5.91 Å². The maximum absolute atomic E-state index is 12.3. The largest absolute Gasteiger partial charge is 0.482 e. The van der Waals surface area contributed by atoms with Gasteiger partial charge in [0.2, 0.25) is 5.91 Å². The molecule has 2 saturated carbocycles. The minimum absolute atomic E-state index is 0.0194. The maximum atomic E-state index is 12.3. The van der Waals surface area contributed by atoms with Gasteiger partial charge in [-0.15, -0.1) is 0 Å². The van der Waals surface area contributed by atoms with Crippen molar-refractivity contribution >= 4 is 34.8 Å². The van der Waals surface area contributed by atoms with Crippen molar-refractivity contribution in [3.63, 3.8) is 0 Å². The first kappa shape index (κ1) is 13.9. The first-order chi connectivity index (χ1) is 10.6. The molecule has 4 rings (SSSR count). The molecule has 1 aromatic rings. The van der Waals surface area contributed by atoms with Crippen molar-refractivity contribution in [2.24, 2.45) is 17.8 Å². The number of fused-ring (bicyclic) bond motifs is 1. The van der Waals surface area contributed by atoms with Gasteiger partial charge < -0.3 is 15.4 Å². The van der Waals surface area contributed by atoms with E-state index in [1.54, 1.807) is 12.1 Å². The number of rotatable bonds is 3. The summed E-state index contributed by atoms with van der Waals surface area (Å²) in [6, 6.07) is 3.29. The number of amides is 2. The average molecular weight is 321 g/mol. The molecule has 1 aliphatic heterocycles. The molecule has 5 nitrogen and oxygen atoms in total. The molecule has 116 valence electrons. The minimum Gasteiger partial charge on any atom is -0.482 e. The Kier molecular flexibility index (Phi) is 3.26. The van der Waals surface area contributed by atoms with Crippen LogP contribution in [0, 0.1) is 17.8 Å². The highest BCUT2D eigenvalue weighted by molar-refractivity contribution is 6.34. The van der Waals surface area contributed by atoms with E-state index in [9.17, 15) is 9.59 Å². The zero-order chi connectivity index (χ0) is 15.3. The number of carbonyl (C=O) groups is 2. The standard InChI is InChI=1S/C16H17ClN2O3/c17-11-5-13-14(22-7-15(20)18-13)6-12(11)19-16(21)10-4-9(10)8-2-1-3-8/h5-6,8-10H,1-4,7H2,(H,18,20)(H,19,21). The van der Waals surface area contributed by atoms with Gasteiger partial charge >= 0.3 is 0 Å². The third-order valence-corrected chi connectivity index (χ3v) is 5.20. The summed E-state index contributed by atoms with van der Waals surface area (Å²) in [6.45, 7) is -0.0194. The fraction of sp³-hybridized carbons (Fsp3) is 0.500. The number of halogens is 1. The lowest BCUT2D eigenvalue weighted by Gasteiger charge is -2.25. The summed E-state index contributed by atoms with van der Waals surface area (Å²) in [7, 11) is 0.